The maximum absolute atomic E-state index is 12.0. The van der Waals surface area contributed by atoms with Crippen molar-refractivity contribution in [3.8, 4) is 0 Å². The number of ether oxygens (including phenoxy) is 2. The highest BCUT2D eigenvalue weighted by Gasteiger charge is 2.34. The van der Waals surface area contributed by atoms with E-state index in [-0.39, 0.29) is 37.4 Å². The average molecular weight is 274 g/mol. The van der Waals surface area contributed by atoms with Crippen LogP contribution in [-0.2, 0) is 19.1 Å². The van der Waals surface area contributed by atoms with Gasteiger partial charge in [-0.2, -0.15) is 0 Å². The molecule has 1 saturated heterocycles. The van der Waals surface area contributed by atoms with Crippen LogP contribution in [0.2, 0.25) is 0 Å². The fourth-order valence-corrected chi connectivity index (χ4v) is 2.03. The molecular formula is C12H22N2O5. The number of hydrogen-bond donors (Lipinski definition) is 2. The van der Waals surface area contributed by atoms with Crippen LogP contribution in [0.1, 0.15) is 6.42 Å². The average Bonchev–Trinajstić information content (AvgIpc) is 2.77. The fraction of sp³-hybridized carbons (Fsp3) is 0.833. The summed E-state index contributed by atoms with van der Waals surface area (Å²) >= 11 is 0. The molecule has 1 aliphatic rings. The van der Waals surface area contributed by atoms with Gasteiger partial charge in [-0.3, -0.25) is 9.59 Å². The Bertz CT molecular complexity index is 310. The van der Waals surface area contributed by atoms with Crippen molar-refractivity contribution >= 4 is 11.8 Å². The highest BCUT2D eigenvalue weighted by Crippen LogP contribution is 2.17. The Balaban J connectivity index is 2.43. The minimum Gasteiger partial charge on any atom is -0.394 e. The van der Waals surface area contributed by atoms with E-state index in [1.165, 1.54) is 7.11 Å². The molecule has 0 spiro atoms. The summed E-state index contributed by atoms with van der Waals surface area (Å²) < 4.78 is 9.80. The molecule has 0 aromatic heterocycles. The van der Waals surface area contributed by atoms with Gasteiger partial charge in [0.05, 0.1) is 31.8 Å². The summed E-state index contributed by atoms with van der Waals surface area (Å²) in [6.45, 7) is 1.42. The van der Waals surface area contributed by atoms with Crippen LogP contribution in [0.15, 0.2) is 0 Å². The van der Waals surface area contributed by atoms with Crippen molar-refractivity contribution in [1.29, 1.82) is 0 Å². The molecule has 0 saturated carbocycles. The number of likely N-dealkylation sites (tertiary alicyclic amines) is 1. The third kappa shape index (κ3) is 4.77. The minimum atomic E-state index is -0.430. The van der Waals surface area contributed by atoms with Crippen molar-refractivity contribution < 1.29 is 24.2 Å². The highest BCUT2D eigenvalue weighted by atomic mass is 16.5. The molecule has 110 valence electrons. The summed E-state index contributed by atoms with van der Waals surface area (Å²) in [6.07, 6.45) is 0.209. The molecule has 0 aliphatic carbocycles. The third-order valence-electron chi connectivity index (χ3n) is 3.09. The summed E-state index contributed by atoms with van der Waals surface area (Å²) in [4.78, 5) is 25.3. The Morgan fingerprint density at radius 3 is 2.84 bits per heavy atom. The second-order valence-corrected chi connectivity index (χ2v) is 4.58. The van der Waals surface area contributed by atoms with E-state index in [0.29, 0.717) is 19.7 Å². The van der Waals surface area contributed by atoms with E-state index in [1.807, 2.05) is 0 Å². The molecule has 1 rings (SSSR count). The van der Waals surface area contributed by atoms with Gasteiger partial charge in [-0.15, -0.1) is 0 Å². The van der Waals surface area contributed by atoms with Crippen LogP contribution < -0.4 is 5.32 Å². The molecule has 2 amide bonds. The van der Waals surface area contributed by atoms with Gasteiger partial charge in [0.25, 0.3) is 0 Å². The van der Waals surface area contributed by atoms with Crippen LogP contribution in [0.5, 0.6) is 0 Å². The van der Waals surface area contributed by atoms with Crippen LogP contribution in [0.3, 0.4) is 0 Å². The van der Waals surface area contributed by atoms with Crippen LogP contribution in [0.4, 0.5) is 0 Å². The molecule has 1 heterocycles. The van der Waals surface area contributed by atoms with Crippen molar-refractivity contribution in [2.24, 2.45) is 5.92 Å². The van der Waals surface area contributed by atoms with Gasteiger partial charge in [0.1, 0.15) is 0 Å². The van der Waals surface area contributed by atoms with Crippen molar-refractivity contribution in [2.75, 3.05) is 47.1 Å². The Hall–Kier alpha value is -1.18. The zero-order chi connectivity index (χ0) is 14.3. The predicted octanol–water partition coefficient (Wildman–Crippen LogP) is -1.40. The topological polar surface area (TPSA) is 88.1 Å². The van der Waals surface area contributed by atoms with E-state index in [2.05, 4.69) is 5.32 Å². The normalized spacial score (nSPS) is 20.7. The van der Waals surface area contributed by atoms with Crippen molar-refractivity contribution in [3.05, 3.63) is 0 Å². The Morgan fingerprint density at radius 1 is 1.53 bits per heavy atom. The number of rotatable bonds is 8. The zero-order valence-electron chi connectivity index (χ0n) is 11.4. The van der Waals surface area contributed by atoms with Gasteiger partial charge in [0, 0.05) is 33.7 Å². The molecule has 0 bridgehead atoms. The number of hydrogen-bond acceptors (Lipinski definition) is 5. The molecular weight excluding hydrogens is 252 g/mol. The fourth-order valence-electron chi connectivity index (χ4n) is 2.03. The van der Waals surface area contributed by atoms with Gasteiger partial charge >= 0.3 is 0 Å². The maximum Gasteiger partial charge on any atom is 0.225 e. The summed E-state index contributed by atoms with van der Waals surface area (Å²) in [5.74, 6) is -0.621. The number of carbonyl (C=O) groups excluding carboxylic acids is 2. The van der Waals surface area contributed by atoms with E-state index in [1.54, 1.807) is 12.0 Å². The number of carbonyl (C=O) groups is 2. The van der Waals surface area contributed by atoms with Crippen molar-refractivity contribution in [3.63, 3.8) is 0 Å². The minimum absolute atomic E-state index is 0.0375. The largest absolute Gasteiger partial charge is 0.394 e. The van der Waals surface area contributed by atoms with Gasteiger partial charge in [-0.1, -0.05) is 0 Å². The number of nitrogens with zero attached hydrogens (tertiary/aromatic N) is 1. The summed E-state index contributed by atoms with van der Waals surface area (Å²) in [5, 5.41) is 11.8. The Morgan fingerprint density at radius 2 is 2.26 bits per heavy atom. The number of methoxy groups -OCH3 is 2. The first kappa shape index (κ1) is 15.9. The monoisotopic (exact) mass is 274 g/mol. The quantitative estimate of drug-likeness (QED) is 0.568. The summed E-state index contributed by atoms with van der Waals surface area (Å²) in [5.41, 5.74) is 0. The molecule has 7 heteroatoms. The zero-order valence-corrected chi connectivity index (χ0v) is 11.4. The molecule has 0 aromatic rings. The first-order chi connectivity index (χ1) is 9.12. The van der Waals surface area contributed by atoms with Crippen molar-refractivity contribution in [2.45, 2.75) is 12.5 Å². The van der Waals surface area contributed by atoms with Crippen LogP contribution in [-0.4, -0.2) is 75.0 Å². The lowest BCUT2D eigenvalue weighted by Crippen LogP contribution is -2.44. The van der Waals surface area contributed by atoms with E-state index >= 15 is 0 Å². The molecule has 2 unspecified atom stereocenters. The van der Waals surface area contributed by atoms with Gasteiger partial charge in [-0.05, 0) is 0 Å². The Labute approximate surface area is 112 Å². The lowest BCUT2D eigenvalue weighted by molar-refractivity contribution is -0.129. The number of aliphatic hydroxyl groups is 1. The van der Waals surface area contributed by atoms with Crippen molar-refractivity contribution in [1.82, 2.24) is 10.2 Å². The molecule has 7 nitrogen and oxygen atoms in total. The first-order valence-electron chi connectivity index (χ1n) is 6.29. The number of nitrogens with one attached hydrogen (secondary N) is 1. The summed E-state index contributed by atoms with van der Waals surface area (Å²) in [6, 6.07) is -0.430. The molecule has 0 aromatic carbocycles. The number of amides is 2. The van der Waals surface area contributed by atoms with E-state index in [9.17, 15) is 9.59 Å². The molecule has 2 atom stereocenters. The molecule has 1 fully saturated rings. The first-order valence-corrected chi connectivity index (χ1v) is 6.29. The van der Waals surface area contributed by atoms with Gasteiger partial charge in [-0.25, -0.2) is 0 Å². The SMILES string of the molecule is COCCN1CC(C(=O)NC(CO)COC)CC1=O. The van der Waals surface area contributed by atoms with Crippen LogP contribution in [0, 0.1) is 5.92 Å². The lowest BCUT2D eigenvalue weighted by Gasteiger charge is -2.19. The maximum atomic E-state index is 12.0. The Kier molecular flexibility index (Phi) is 6.75. The molecule has 1 aliphatic heterocycles. The van der Waals surface area contributed by atoms with E-state index < -0.39 is 6.04 Å². The standard InChI is InChI=1S/C12H22N2O5/c1-18-4-3-14-6-9(5-11(14)16)12(17)13-10(7-15)8-19-2/h9-10,15H,3-8H2,1-2H3,(H,13,17). The van der Waals surface area contributed by atoms with Gasteiger partial charge < -0.3 is 24.8 Å². The van der Waals surface area contributed by atoms with Gasteiger partial charge in [0.2, 0.25) is 11.8 Å². The number of aliphatic hydroxyl groups excluding tert-OH is 1. The molecule has 19 heavy (non-hydrogen) atoms. The van der Waals surface area contributed by atoms with E-state index in [0.717, 1.165) is 0 Å². The second kappa shape index (κ2) is 8.08. The van der Waals surface area contributed by atoms with Crippen LogP contribution in [0.25, 0.3) is 0 Å². The van der Waals surface area contributed by atoms with Gasteiger partial charge in [0.15, 0.2) is 0 Å². The molecule has 0 radical (unpaired) electrons. The predicted molar refractivity (Wildman–Crippen MR) is 67.5 cm³/mol. The van der Waals surface area contributed by atoms with E-state index in [4.69, 9.17) is 14.6 Å². The molecule has 2 N–H and O–H groups in total. The lowest BCUT2D eigenvalue weighted by atomic mass is 10.1. The highest BCUT2D eigenvalue weighted by molar-refractivity contribution is 5.89. The van der Waals surface area contributed by atoms with Crippen LogP contribution >= 0.6 is 0 Å². The third-order valence-corrected chi connectivity index (χ3v) is 3.09. The second-order valence-electron chi connectivity index (χ2n) is 4.58. The smallest absolute Gasteiger partial charge is 0.225 e. The summed E-state index contributed by atoms with van der Waals surface area (Å²) in [7, 11) is 3.07.